The summed E-state index contributed by atoms with van der Waals surface area (Å²) in [6.45, 7) is 2.46. The molecule has 3 heterocycles. The van der Waals surface area contributed by atoms with Gasteiger partial charge < -0.3 is 14.8 Å². The first-order chi connectivity index (χ1) is 12.5. The Hall–Kier alpha value is -3.29. The van der Waals surface area contributed by atoms with E-state index < -0.39 is 0 Å². The van der Waals surface area contributed by atoms with E-state index in [4.69, 9.17) is 9.47 Å². The van der Waals surface area contributed by atoms with Crippen molar-refractivity contribution in [3.05, 3.63) is 51.4 Å². The predicted molar refractivity (Wildman–Crippen MR) is 94.7 cm³/mol. The molecule has 8 nitrogen and oxygen atoms in total. The van der Waals surface area contributed by atoms with E-state index in [9.17, 15) is 9.59 Å². The Bertz CT molecular complexity index is 1070. The van der Waals surface area contributed by atoms with Crippen LogP contribution < -0.4 is 20.3 Å². The van der Waals surface area contributed by atoms with Crippen molar-refractivity contribution in [3.8, 4) is 11.5 Å². The number of benzene rings is 1. The van der Waals surface area contributed by atoms with Crippen molar-refractivity contribution in [1.29, 1.82) is 0 Å². The summed E-state index contributed by atoms with van der Waals surface area (Å²) in [5, 5.41) is 5.81. The topological polar surface area (TPSA) is 98.2 Å². The number of carbonyl (C=O) groups is 1. The van der Waals surface area contributed by atoms with Crippen LogP contribution in [-0.2, 0) is 13.5 Å². The molecule has 0 saturated heterocycles. The molecule has 0 aliphatic carbocycles. The molecule has 0 bridgehead atoms. The molecule has 1 aliphatic rings. The summed E-state index contributed by atoms with van der Waals surface area (Å²) in [6.07, 6.45) is 0.640. The number of aryl methyl sites for hydroxylation is 2. The summed E-state index contributed by atoms with van der Waals surface area (Å²) in [5.41, 5.74) is 2.18. The Labute approximate surface area is 148 Å². The number of nitrogens with one attached hydrogen (secondary N) is 2. The number of fused-ring (bicyclic) bond motifs is 2. The number of aromatic amines is 1. The lowest BCUT2D eigenvalue weighted by molar-refractivity contribution is 0.0955. The molecular formula is C18H18N4O4. The Morgan fingerprint density at radius 3 is 2.96 bits per heavy atom. The Morgan fingerprint density at radius 2 is 2.12 bits per heavy atom. The minimum atomic E-state index is -0.323. The average Bonchev–Trinajstić information content (AvgIpc) is 3.18. The highest BCUT2D eigenvalue weighted by Crippen LogP contribution is 2.32. The second-order valence-electron chi connectivity index (χ2n) is 6.20. The lowest BCUT2D eigenvalue weighted by Gasteiger charge is -2.08. The molecule has 26 heavy (non-hydrogen) atoms. The monoisotopic (exact) mass is 354 g/mol. The lowest BCUT2D eigenvalue weighted by Crippen LogP contribution is -2.26. The van der Waals surface area contributed by atoms with Crippen LogP contribution in [0.15, 0.2) is 29.1 Å². The highest BCUT2D eigenvalue weighted by Gasteiger charge is 2.18. The average molecular weight is 354 g/mol. The molecule has 8 heteroatoms. The van der Waals surface area contributed by atoms with Crippen LogP contribution in [0, 0.1) is 6.92 Å². The summed E-state index contributed by atoms with van der Waals surface area (Å²) < 4.78 is 12.2. The van der Waals surface area contributed by atoms with E-state index >= 15 is 0 Å². The Kier molecular flexibility index (Phi) is 3.87. The molecule has 1 amide bonds. The third kappa shape index (κ3) is 2.79. The third-order valence-corrected chi connectivity index (χ3v) is 4.32. The van der Waals surface area contributed by atoms with Gasteiger partial charge in [0, 0.05) is 19.3 Å². The fourth-order valence-electron chi connectivity index (χ4n) is 3.08. The van der Waals surface area contributed by atoms with Crippen LogP contribution in [0.4, 0.5) is 0 Å². The van der Waals surface area contributed by atoms with Crippen LogP contribution in [-0.4, -0.2) is 34.0 Å². The Morgan fingerprint density at radius 1 is 1.31 bits per heavy atom. The van der Waals surface area contributed by atoms with Gasteiger partial charge in [-0.05, 0) is 37.1 Å². The fraction of sp³-hybridized carbons (Fsp3) is 0.278. The molecule has 0 unspecified atom stereocenters. The molecule has 3 aromatic rings. The summed E-state index contributed by atoms with van der Waals surface area (Å²) in [4.78, 5) is 29.0. The number of carbonyl (C=O) groups excluding carboxylic acids is 1. The molecule has 2 aromatic heterocycles. The first kappa shape index (κ1) is 16.2. The summed E-state index contributed by atoms with van der Waals surface area (Å²) in [5.74, 6) is 1.16. The van der Waals surface area contributed by atoms with Crippen LogP contribution in [0.25, 0.3) is 11.0 Å². The molecule has 0 radical (unpaired) electrons. The van der Waals surface area contributed by atoms with E-state index in [2.05, 4.69) is 15.4 Å². The normalized spacial score (nSPS) is 12.5. The number of pyridine rings is 1. The zero-order valence-corrected chi connectivity index (χ0v) is 14.5. The molecule has 1 aromatic carbocycles. The molecule has 2 N–H and O–H groups in total. The van der Waals surface area contributed by atoms with Crippen LogP contribution in [0.1, 0.15) is 21.6 Å². The maximum Gasteiger partial charge on any atom is 0.274 e. The molecule has 0 fully saturated rings. The van der Waals surface area contributed by atoms with E-state index in [1.807, 2.05) is 18.2 Å². The van der Waals surface area contributed by atoms with Gasteiger partial charge in [-0.3, -0.25) is 19.4 Å². The van der Waals surface area contributed by atoms with E-state index in [0.29, 0.717) is 35.3 Å². The molecule has 4 rings (SSSR count). The van der Waals surface area contributed by atoms with Crippen molar-refractivity contribution in [3.63, 3.8) is 0 Å². The minimum Gasteiger partial charge on any atom is -0.454 e. The number of hydrogen-bond acceptors (Lipinski definition) is 5. The van der Waals surface area contributed by atoms with Gasteiger partial charge in [-0.2, -0.15) is 0 Å². The zero-order valence-electron chi connectivity index (χ0n) is 14.5. The Balaban J connectivity index is 1.50. The van der Waals surface area contributed by atoms with Gasteiger partial charge >= 0.3 is 0 Å². The van der Waals surface area contributed by atoms with Gasteiger partial charge in [0.1, 0.15) is 0 Å². The standard InChI is InChI=1S/C18H18N4O4/c1-10-7-12(15-16(20-10)22(2)21-18(15)24)17(23)19-6-5-11-3-4-13-14(8-11)26-9-25-13/h3-4,7-8H,5-6,9H2,1-2H3,(H,19,23)(H,21,24). The first-order valence-electron chi connectivity index (χ1n) is 8.26. The van der Waals surface area contributed by atoms with Crippen LogP contribution in [0.3, 0.4) is 0 Å². The van der Waals surface area contributed by atoms with Gasteiger partial charge in [-0.15, -0.1) is 0 Å². The van der Waals surface area contributed by atoms with Crippen molar-refractivity contribution in [2.45, 2.75) is 13.3 Å². The molecule has 1 aliphatic heterocycles. The number of ether oxygens (including phenoxy) is 2. The second kappa shape index (κ2) is 6.21. The van der Waals surface area contributed by atoms with E-state index in [1.54, 1.807) is 20.0 Å². The predicted octanol–water partition coefficient (Wildman–Crippen LogP) is 1.27. The number of rotatable bonds is 4. The summed E-state index contributed by atoms with van der Waals surface area (Å²) in [6, 6.07) is 7.34. The van der Waals surface area contributed by atoms with Crippen molar-refractivity contribution in [1.82, 2.24) is 20.1 Å². The quantitative estimate of drug-likeness (QED) is 0.735. The second-order valence-corrected chi connectivity index (χ2v) is 6.20. The van der Waals surface area contributed by atoms with Gasteiger partial charge in [-0.1, -0.05) is 6.07 Å². The van der Waals surface area contributed by atoms with Crippen LogP contribution >= 0.6 is 0 Å². The van der Waals surface area contributed by atoms with Gasteiger partial charge in [0.2, 0.25) is 6.79 Å². The smallest absolute Gasteiger partial charge is 0.274 e. The summed E-state index contributed by atoms with van der Waals surface area (Å²) in [7, 11) is 1.69. The molecule has 134 valence electrons. The van der Waals surface area contributed by atoms with Crippen molar-refractivity contribution >= 4 is 16.9 Å². The minimum absolute atomic E-state index is 0.235. The van der Waals surface area contributed by atoms with E-state index in [1.165, 1.54) is 4.68 Å². The maximum atomic E-state index is 12.6. The third-order valence-electron chi connectivity index (χ3n) is 4.32. The highest BCUT2D eigenvalue weighted by molar-refractivity contribution is 6.05. The zero-order chi connectivity index (χ0) is 18.3. The fourth-order valence-corrected chi connectivity index (χ4v) is 3.08. The van der Waals surface area contributed by atoms with Crippen LogP contribution in [0.2, 0.25) is 0 Å². The van der Waals surface area contributed by atoms with Gasteiger partial charge in [0.15, 0.2) is 17.1 Å². The molecule has 0 atom stereocenters. The SMILES string of the molecule is Cc1cc(C(=O)NCCc2ccc3c(c2)OCO3)c2c(=O)[nH]n(C)c2n1. The van der Waals surface area contributed by atoms with Crippen molar-refractivity contribution in [2.24, 2.45) is 7.05 Å². The largest absolute Gasteiger partial charge is 0.454 e. The van der Waals surface area contributed by atoms with Crippen LogP contribution in [0.5, 0.6) is 11.5 Å². The number of H-pyrrole nitrogens is 1. The number of hydrogen-bond donors (Lipinski definition) is 2. The molecular weight excluding hydrogens is 336 g/mol. The van der Waals surface area contributed by atoms with Gasteiger partial charge in [-0.25, -0.2) is 4.98 Å². The van der Waals surface area contributed by atoms with E-state index in [-0.39, 0.29) is 18.3 Å². The highest BCUT2D eigenvalue weighted by atomic mass is 16.7. The number of aromatic nitrogens is 3. The number of nitrogens with zero attached hydrogens (tertiary/aromatic N) is 2. The first-order valence-corrected chi connectivity index (χ1v) is 8.26. The maximum absolute atomic E-state index is 12.6. The van der Waals surface area contributed by atoms with Crippen molar-refractivity contribution < 1.29 is 14.3 Å². The van der Waals surface area contributed by atoms with Crippen molar-refractivity contribution in [2.75, 3.05) is 13.3 Å². The molecule has 0 spiro atoms. The van der Waals surface area contributed by atoms with Gasteiger partial charge in [0.05, 0.1) is 10.9 Å². The number of amides is 1. The lowest BCUT2D eigenvalue weighted by atomic mass is 10.1. The van der Waals surface area contributed by atoms with Gasteiger partial charge in [0.25, 0.3) is 11.5 Å². The molecule has 0 saturated carbocycles. The van der Waals surface area contributed by atoms with E-state index in [0.717, 1.165) is 17.1 Å². The summed E-state index contributed by atoms with van der Waals surface area (Å²) >= 11 is 0.